The lowest BCUT2D eigenvalue weighted by Gasteiger charge is -2.13. The second-order valence-electron chi connectivity index (χ2n) is 6.86. The van der Waals surface area contributed by atoms with Gasteiger partial charge in [-0.25, -0.2) is 9.37 Å². The van der Waals surface area contributed by atoms with Gasteiger partial charge in [0.2, 0.25) is 0 Å². The van der Waals surface area contributed by atoms with E-state index in [-0.39, 0.29) is 5.82 Å². The molecule has 31 heavy (non-hydrogen) atoms. The zero-order valence-corrected chi connectivity index (χ0v) is 17.7. The van der Waals surface area contributed by atoms with Gasteiger partial charge in [-0.05, 0) is 41.5 Å². The number of thioether (sulfide) groups is 1. The van der Waals surface area contributed by atoms with Crippen LogP contribution in [0, 0.1) is 17.1 Å². The summed E-state index contributed by atoms with van der Waals surface area (Å²) in [6.07, 6.45) is 0. The molecule has 0 saturated carbocycles. The van der Waals surface area contributed by atoms with Crippen molar-refractivity contribution in [2.45, 2.75) is 10.8 Å². The lowest BCUT2D eigenvalue weighted by molar-refractivity contribution is 0.415. The van der Waals surface area contributed by atoms with Crippen molar-refractivity contribution in [2.24, 2.45) is 0 Å². The van der Waals surface area contributed by atoms with Gasteiger partial charge in [-0.2, -0.15) is 5.26 Å². The maximum absolute atomic E-state index is 13.2. The number of aromatic nitrogens is 1. The molecule has 4 rings (SSSR count). The number of rotatable bonds is 6. The predicted molar refractivity (Wildman–Crippen MR) is 122 cm³/mol. The number of nitrogens with zero attached hydrogens (tertiary/aromatic N) is 2. The standard InChI is InChI=1S/C26H19FN2OS/c1-30-22-13-9-19(10-14-22)23-15-25(20-5-3-2-4-6-20)29-26(24(23)16-28)31-17-18-7-11-21(27)12-8-18/h2-15H,17H2,1H3. The smallest absolute Gasteiger partial charge is 0.123 e. The number of nitriles is 1. The number of benzene rings is 3. The molecule has 0 aliphatic carbocycles. The fourth-order valence-corrected chi connectivity index (χ4v) is 4.18. The minimum absolute atomic E-state index is 0.266. The van der Waals surface area contributed by atoms with Crippen molar-refractivity contribution in [1.29, 1.82) is 5.26 Å². The van der Waals surface area contributed by atoms with E-state index in [1.165, 1.54) is 23.9 Å². The number of hydrogen-bond acceptors (Lipinski definition) is 4. The first-order valence-electron chi connectivity index (χ1n) is 9.70. The van der Waals surface area contributed by atoms with E-state index in [1.54, 1.807) is 19.2 Å². The number of pyridine rings is 1. The Balaban J connectivity index is 1.79. The van der Waals surface area contributed by atoms with Crippen molar-refractivity contribution in [3.8, 4) is 34.2 Å². The number of hydrogen-bond donors (Lipinski definition) is 0. The highest BCUT2D eigenvalue weighted by molar-refractivity contribution is 7.98. The van der Waals surface area contributed by atoms with Crippen LogP contribution in [0.15, 0.2) is 90.0 Å². The van der Waals surface area contributed by atoms with Gasteiger partial charge in [-0.3, -0.25) is 0 Å². The van der Waals surface area contributed by atoms with E-state index in [9.17, 15) is 9.65 Å². The molecular formula is C26H19FN2OS. The normalized spacial score (nSPS) is 10.5. The molecule has 0 bridgehead atoms. The van der Waals surface area contributed by atoms with E-state index in [1.807, 2.05) is 60.7 Å². The first-order valence-corrected chi connectivity index (χ1v) is 10.7. The van der Waals surface area contributed by atoms with E-state index >= 15 is 0 Å². The molecule has 0 atom stereocenters. The maximum atomic E-state index is 13.2. The summed E-state index contributed by atoms with van der Waals surface area (Å²) in [6.45, 7) is 0. The summed E-state index contributed by atoms with van der Waals surface area (Å²) in [5.74, 6) is 1.07. The third kappa shape index (κ3) is 4.76. The SMILES string of the molecule is COc1ccc(-c2cc(-c3ccccc3)nc(SCc3ccc(F)cc3)c2C#N)cc1. The summed E-state index contributed by atoms with van der Waals surface area (Å²) >= 11 is 1.48. The van der Waals surface area contributed by atoms with Crippen molar-refractivity contribution in [1.82, 2.24) is 4.98 Å². The summed E-state index contributed by atoms with van der Waals surface area (Å²) in [5, 5.41) is 10.6. The molecule has 0 unspecified atom stereocenters. The van der Waals surface area contributed by atoms with Crippen LogP contribution in [-0.2, 0) is 5.75 Å². The van der Waals surface area contributed by atoms with Gasteiger partial charge in [0.05, 0.1) is 18.4 Å². The van der Waals surface area contributed by atoms with Gasteiger partial charge in [0, 0.05) is 16.9 Å². The van der Waals surface area contributed by atoms with Crippen LogP contribution in [0.1, 0.15) is 11.1 Å². The molecule has 0 N–H and O–H groups in total. The van der Waals surface area contributed by atoms with Crippen molar-refractivity contribution in [3.63, 3.8) is 0 Å². The minimum Gasteiger partial charge on any atom is -0.497 e. The molecule has 152 valence electrons. The minimum atomic E-state index is -0.266. The fraction of sp³-hybridized carbons (Fsp3) is 0.0769. The van der Waals surface area contributed by atoms with E-state index in [0.717, 1.165) is 33.7 Å². The molecule has 3 aromatic carbocycles. The zero-order valence-electron chi connectivity index (χ0n) is 16.9. The van der Waals surface area contributed by atoms with Crippen LogP contribution in [0.3, 0.4) is 0 Å². The molecule has 1 aromatic heterocycles. The topological polar surface area (TPSA) is 45.9 Å². The van der Waals surface area contributed by atoms with Crippen LogP contribution in [0.25, 0.3) is 22.4 Å². The first kappa shape index (κ1) is 20.6. The molecule has 1 heterocycles. The summed E-state index contributed by atoms with van der Waals surface area (Å²) in [6, 6.07) is 28.2. The quantitative estimate of drug-likeness (QED) is 0.321. The zero-order chi connectivity index (χ0) is 21.6. The maximum Gasteiger partial charge on any atom is 0.123 e. The molecule has 0 fully saturated rings. The molecule has 0 aliphatic heterocycles. The Morgan fingerprint density at radius 1 is 0.935 bits per heavy atom. The van der Waals surface area contributed by atoms with Crippen molar-refractivity contribution in [3.05, 3.63) is 102 Å². The molecule has 0 amide bonds. The largest absolute Gasteiger partial charge is 0.497 e. The molecule has 5 heteroatoms. The Morgan fingerprint density at radius 3 is 2.29 bits per heavy atom. The highest BCUT2D eigenvalue weighted by Crippen LogP contribution is 2.35. The average molecular weight is 427 g/mol. The Bertz CT molecular complexity index is 1220. The summed E-state index contributed by atoms with van der Waals surface area (Å²) in [7, 11) is 1.62. The van der Waals surface area contributed by atoms with Crippen molar-refractivity contribution < 1.29 is 9.13 Å². The van der Waals surface area contributed by atoms with Gasteiger partial charge in [0.15, 0.2) is 0 Å². The van der Waals surface area contributed by atoms with Gasteiger partial charge in [-0.15, -0.1) is 11.8 Å². The molecule has 0 spiro atoms. The first-order chi connectivity index (χ1) is 15.2. The van der Waals surface area contributed by atoms with Gasteiger partial charge in [0.25, 0.3) is 0 Å². The molecule has 0 aliphatic rings. The lowest BCUT2D eigenvalue weighted by Crippen LogP contribution is -1.96. The van der Waals surface area contributed by atoms with Crippen LogP contribution < -0.4 is 4.74 Å². The van der Waals surface area contributed by atoms with Crippen LogP contribution >= 0.6 is 11.8 Å². The highest BCUT2D eigenvalue weighted by Gasteiger charge is 2.16. The van der Waals surface area contributed by atoms with Crippen LogP contribution in [0.4, 0.5) is 4.39 Å². The van der Waals surface area contributed by atoms with Crippen LogP contribution in [-0.4, -0.2) is 12.1 Å². The number of halogens is 1. The van der Waals surface area contributed by atoms with Gasteiger partial charge >= 0.3 is 0 Å². The predicted octanol–water partition coefficient (Wildman–Crippen LogP) is 6.73. The lowest BCUT2D eigenvalue weighted by atomic mass is 9.99. The van der Waals surface area contributed by atoms with Gasteiger partial charge < -0.3 is 4.74 Å². The summed E-state index contributed by atoms with van der Waals surface area (Å²) in [5.41, 5.74) is 5.00. The second-order valence-corrected chi connectivity index (χ2v) is 7.82. The van der Waals surface area contributed by atoms with Gasteiger partial charge in [0.1, 0.15) is 22.7 Å². The van der Waals surface area contributed by atoms with Crippen LogP contribution in [0.2, 0.25) is 0 Å². The third-order valence-corrected chi connectivity index (χ3v) is 5.90. The van der Waals surface area contributed by atoms with Gasteiger partial charge in [-0.1, -0.05) is 54.6 Å². The molecule has 0 saturated heterocycles. The summed E-state index contributed by atoms with van der Waals surface area (Å²) < 4.78 is 18.5. The van der Waals surface area contributed by atoms with E-state index in [0.29, 0.717) is 16.3 Å². The average Bonchev–Trinajstić information content (AvgIpc) is 2.83. The molecule has 4 aromatic rings. The van der Waals surface area contributed by atoms with E-state index in [2.05, 4.69) is 6.07 Å². The van der Waals surface area contributed by atoms with Crippen molar-refractivity contribution in [2.75, 3.05) is 7.11 Å². The number of ether oxygens (including phenoxy) is 1. The Kier molecular flexibility index (Phi) is 6.30. The Hall–Kier alpha value is -3.62. The Morgan fingerprint density at radius 2 is 1.65 bits per heavy atom. The highest BCUT2D eigenvalue weighted by atomic mass is 32.2. The molecule has 3 nitrogen and oxygen atoms in total. The van der Waals surface area contributed by atoms with Crippen molar-refractivity contribution >= 4 is 11.8 Å². The number of methoxy groups -OCH3 is 1. The Labute approximate surface area is 185 Å². The second kappa shape index (κ2) is 9.46. The molecular weight excluding hydrogens is 407 g/mol. The fourth-order valence-electron chi connectivity index (χ4n) is 3.22. The third-order valence-electron chi connectivity index (χ3n) is 4.86. The molecule has 0 radical (unpaired) electrons. The van der Waals surface area contributed by atoms with E-state index < -0.39 is 0 Å². The van der Waals surface area contributed by atoms with E-state index in [4.69, 9.17) is 9.72 Å². The summed E-state index contributed by atoms with van der Waals surface area (Å²) in [4.78, 5) is 4.81. The van der Waals surface area contributed by atoms with Crippen LogP contribution in [0.5, 0.6) is 5.75 Å². The monoisotopic (exact) mass is 426 g/mol.